The van der Waals surface area contributed by atoms with Crippen LogP contribution < -0.4 is 21.3 Å². The van der Waals surface area contributed by atoms with Gasteiger partial charge in [-0.1, -0.05) is 87.1 Å². The Kier molecular flexibility index (Phi) is 25.7. The number of piperazine rings is 3. The molecule has 84 heavy (non-hydrogen) atoms. The van der Waals surface area contributed by atoms with Gasteiger partial charge < -0.3 is 30.9 Å². The Morgan fingerprint density at radius 3 is 1.31 bits per heavy atom. The number of halogens is 8. The number of thiazole rings is 3. The third kappa shape index (κ3) is 17.4. The predicted molar refractivity (Wildman–Crippen MR) is 350 cm³/mol. The molecule has 0 unspecified atom stereocenters. The minimum absolute atomic E-state index is 0. The molecule has 3 aromatic heterocycles. The fourth-order valence-electron chi connectivity index (χ4n) is 9.98. The number of fused-ring (bicyclic) bond motifs is 3. The van der Waals surface area contributed by atoms with E-state index in [1.54, 1.807) is 69.2 Å². The molecule has 0 bridgehead atoms. The summed E-state index contributed by atoms with van der Waals surface area (Å²) in [5.41, 5.74) is 13.2. The number of rotatable bonds is 9. The number of hydrogen-bond donors (Lipinski definition) is 4. The van der Waals surface area contributed by atoms with E-state index < -0.39 is 0 Å². The molecule has 4 aliphatic heterocycles. The van der Waals surface area contributed by atoms with Crippen molar-refractivity contribution in [3.63, 3.8) is 0 Å². The molecule has 4 N–H and O–H groups in total. The summed E-state index contributed by atoms with van der Waals surface area (Å²) in [7, 11) is 0. The van der Waals surface area contributed by atoms with E-state index in [1.807, 2.05) is 61.5 Å². The Morgan fingerprint density at radius 1 is 0.571 bits per heavy atom. The Hall–Kier alpha value is -4.55. The highest BCUT2D eigenvalue weighted by atomic mass is 79.9. The molecule has 6 aromatic carbocycles. The lowest BCUT2D eigenvalue weighted by atomic mass is 10.00. The van der Waals surface area contributed by atoms with Crippen molar-refractivity contribution < 1.29 is 22.7 Å². The number of alkyl halides is 1. The van der Waals surface area contributed by atoms with Gasteiger partial charge in [0.15, 0.2) is 0 Å². The molecule has 13 rings (SSSR count). The van der Waals surface area contributed by atoms with E-state index in [4.69, 9.17) is 39.5 Å². The second-order valence-corrected chi connectivity index (χ2v) is 24.4. The summed E-state index contributed by atoms with van der Waals surface area (Å²) in [6, 6.07) is 27.4. The van der Waals surface area contributed by atoms with Gasteiger partial charge in [-0.25, -0.2) is 32.9 Å². The van der Waals surface area contributed by atoms with Crippen molar-refractivity contribution in [3.05, 3.63) is 157 Å². The van der Waals surface area contributed by atoms with Crippen LogP contribution in [0.15, 0.2) is 108 Å². The first-order valence-electron chi connectivity index (χ1n) is 27.6. The fourth-order valence-corrected chi connectivity index (χ4v) is 13.2. The predicted octanol–water partition coefficient (Wildman–Crippen LogP) is 14.8. The summed E-state index contributed by atoms with van der Waals surface area (Å²) in [5.74, 6) is -0.677. The van der Waals surface area contributed by atoms with E-state index in [2.05, 4.69) is 61.9 Å². The van der Waals surface area contributed by atoms with Crippen LogP contribution >= 0.6 is 97.2 Å². The van der Waals surface area contributed by atoms with Gasteiger partial charge in [-0.3, -0.25) is 9.80 Å². The molecule has 4 fully saturated rings. The Bertz CT molecular complexity index is 3560. The number of nitrogens with one attached hydrogen (secondary N) is 4. The summed E-state index contributed by atoms with van der Waals surface area (Å²) in [5, 5.41) is 14.8. The number of ether oxygens (including phenoxy) is 1. The van der Waals surface area contributed by atoms with E-state index in [-0.39, 0.29) is 35.9 Å². The van der Waals surface area contributed by atoms with Crippen LogP contribution in [-0.4, -0.2) is 134 Å². The van der Waals surface area contributed by atoms with Crippen molar-refractivity contribution in [2.45, 2.75) is 38.2 Å². The van der Waals surface area contributed by atoms with E-state index >= 15 is 8.78 Å². The van der Waals surface area contributed by atoms with Gasteiger partial charge in [0.2, 0.25) is 0 Å². The maximum Gasteiger partial charge on any atom is 0.317 e. The average molecular weight is 1350 g/mol. The van der Waals surface area contributed by atoms with Gasteiger partial charge in [0.05, 0.1) is 47.2 Å². The number of urea groups is 1. The second kappa shape index (κ2) is 33.0. The number of aromatic nitrogens is 3. The first-order valence-corrected chi connectivity index (χ1v) is 32.5. The Balaban J connectivity index is 0.000000151. The van der Waals surface area contributed by atoms with Crippen molar-refractivity contribution in [3.8, 4) is 33.4 Å². The van der Waals surface area contributed by atoms with Crippen LogP contribution in [0.25, 0.3) is 64.0 Å². The number of hydrogen-bond acceptors (Lipinski definition) is 13. The van der Waals surface area contributed by atoms with Gasteiger partial charge in [-0.2, -0.15) is 0 Å². The van der Waals surface area contributed by atoms with Gasteiger partial charge in [-0.05, 0) is 91.1 Å². The molecule has 23 heteroatoms. The third-order valence-corrected chi connectivity index (χ3v) is 17.8. The third-order valence-electron chi connectivity index (χ3n) is 14.2. The molecule has 0 radical (unpaired) electrons. The number of amides is 2. The quantitative estimate of drug-likeness (QED) is 0.104. The van der Waals surface area contributed by atoms with Crippen molar-refractivity contribution in [2.24, 2.45) is 0 Å². The van der Waals surface area contributed by atoms with Crippen LogP contribution in [0.1, 0.15) is 36.5 Å². The van der Waals surface area contributed by atoms with Crippen LogP contribution in [0, 0.1) is 17.5 Å². The smallest absolute Gasteiger partial charge is 0.317 e. The molecule has 7 heterocycles. The average Bonchev–Trinajstić information content (AvgIpc) is 4.43. The summed E-state index contributed by atoms with van der Waals surface area (Å²) in [4.78, 5) is 31.3. The molecule has 9 aromatic rings. The second-order valence-electron chi connectivity index (χ2n) is 19.9. The van der Waals surface area contributed by atoms with E-state index in [1.165, 1.54) is 35.5 Å². The molecule has 0 atom stereocenters. The Labute approximate surface area is 530 Å². The lowest BCUT2D eigenvalue weighted by molar-refractivity contribution is 0.135. The minimum atomic E-state index is -0.253. The van der Waals surface area contributed by atoms with Gasteiger partial charge in [0.25, 0.3) is 0 Å². The highest BCUT2D eigenvalue weighted by Crippen LogP contribution is 2.39. The molecule has 0 spiro atoms. The molecule has 12 nitrogen and oxygen atoms in total. The van der Waals surface area contributed by atoms with Crippen molar-refractivity contribution >= 4 is 134 Å². The van der Waals surface area contributed by atoms with Crippen LogP contribution in [-0.2, 0) is 23.2 Å². The van der Waals surface area contributed by atoms with Crippen molar-refractivity contribution in [2.75, 3.05) is 98.3 Å². The van der Waals surface area contributed by atoms with Crippen LogP contribution in [0.3, 0.4) is 0 Å². The summed E-state index contributed by atoms with van der Waals surface area (Å²) >= 11 is 26.1. The first-order chi connectivity index (χ1) is 40.5. The SMILES string of the molecule is C1CCOC1.C1CNCCN1.CCNC(=O)N1CCN(Cc2cc3scnc3c(-c3cccc(Cl)c3)c2F)CC1.Cl.Fc1c(CBr)cc2scnc2c1-c1cccc(Cl)c1.Fc1c(CN2CCNCC2)cc2scnc2c1-c1cccc(Cl)c1. The number of benzene rings is 6. The molecule has 2 amide bonds. The molecule has 446 valence electrons. The van der Waals surface area contributed by atoms with Crippen LogP contribution in [0.4, 0.5) is 18.0 Å². The highest BCUT2D eigenvalue weighted by molar-refractivity contribution is 9.08. The van der Waals surface area contributed by atoms with Crippen LogP contribution in [0.2, 0.25) is 15.1 Å². The lowest BCUT2D eigenvalue weighted by Gasteiger charge is -2.34. The summed E-state index contributed by atoms with van der Waals surface area (Å²) < 4.78 is 53.4. The summed E-state index contributed by atoms with van der Waals surface area (Å²) in [6.45, 7) is 16.7. The molecule has 4 saturated heterocycles. The summed E-state index contributed by atoms with van der Waals surface area (Å²) in [6.07, 6.45) is 2.56. The van der Waals surface area contributed by atoms with E-state index in [0.717, 1.165) is 102 Å². The Morgan fingerprint density at radius 2 is 0.952 bits per heavy atom. The zero-order chi connectivity index (χ0) is 58.1. The van der Waals surface area contributed by atoms with E-state index in [9.17, 15) is 9.18 Å². The largest absolute Gasteiger partial charge is 0.381 e. The molecule has 0 saturated carbocycles. The van der Waals surface area contributed by atoms with Gasteiger partial charge >= 0.3 is 6.03 Å². The topological polar surface area (TPSA) is 123 Å². The van der Waals surface area contributed by atoms with Gasteiger partial charge in [0.1, 0.15) is 17.5 Å². The monoisotopic (exact) mass is 1340 g/mol. The van der Waals surface area contributed by atoms with Crippen molar-refractivity contribution in [1.82, 2.24) is 50.9 Å². The van der Waals surface area contributed by atoms with Crippen molar-refractivity contribution in [1.29, 1.82) is 0 Å². The zero-order valence-electron chi connectivity index (χ0n) is 46.3. The lowest BCUT2D eigenvalue weighted by Crippen LogP contribution is -2.51. The highest BCUT2D eigenvalue weighted by Gasteiger charge is 2.25. The maximum atomic E-state index is 15.6. The molecule has 4 aliphatic rings. The number of carbonyl (C=O) groups is 1. The van der Waals surface area contributed by atoms with Crippen LogP contribution in [0.5, 0.6) is 0 Å². The van der Waals surface area contributed by atoms with Gasteiger partial charge in [-0.15, -0.1) is 46.4 Å². The zero-order valence-corrected chi connectivity index (χ0v) is 53.4. The molecular formula is C61H66BrCl4F3N10O2S3. The molecule has 0 aliphatic carbocycles. The minimum Gasteiger partial charge on any atom is -0.381 e. The first kappa shape index (κ1) is 65.4. The fraction of sp³-hybridized carbons (Fsp3) is 0.344. The number of carbonyl (C=O) groups excluding carboxylic acids is 1. The maximum absolute atomic E-state index is 15.6. The standard InChI is InChI=1S/C21H22ClFN4OS.C18H17ClFN3S.C14H8BrClFNS.C4H10N2.C4H8O.ClH/c1-2-24-21(28)27-8-6-26(7-9-27)12-15-11-17-20(25-13-29-17)18(19(15)23)14-4-3-5-16(22)10-14;19-14-3-1-2-12(8-14)16-17(20)13(9-15-18(16)22-11-24-15)10-23-6-4-21-5-7-23;15-6-9-5-11-14(18-7-19-11)12(13(9)17)8-2-1-3-10(16)4-8;1-2-6-4-3-5-1;1-2-4-5-3-1;/h3-5,10-11,13H,2,6-9,12H2,1H3,(H,24,28);1-3,8-9,11,21H,4-7,10H2;1-5,7H,6H2;5-6H,1-4H2;1-4H2;1H. The molecular weight excluding hydrogens is 1280 g/mol. The van der Waals surface area contributed by atoms with Gasteiger partial charge in [0, 0.05) is 165 Å². The number of nitrogens with zero attached hydrogens (tertiary/aromatic N) is 6. The normalized spacial score (nSPS) is 15.4. The van der Waals surface area contributed by atoms with E-state index in [0.29, 0.717) is 111 Å².